The molecule has 0 unspecified atom stereocenters. The molecule has 0 aliphatic carbocycles. The molecule has 0 bridgehead atoms. The fraction of sp³-hybridized carbons (Fsp3) is 0.714. The summed E-state index contributed by atoms with van der Waals surface area (Å²) in [5.74, 6) is -4.48. The van der Waals surface area contributed by atoms with Gasteiger partial charge in [0.25, 0.3) is 0 Å². The number of amides is 1. The molecular formula is C21H31NO13. The largest absolute Gasteiger partial charge is 0.469 e. The third-order valence-electron chi connectivity index (χ3n) is 4.89. The van der Waals surface area contributed by atoms with Gasteiger partial charge in [-0.3, -0.25) is 24.0 Å². The van der Waals surface area contributed by atoms with E-state index in [-0.39, 0.29) is 19.4 Å². The highest BCUT2D eigenvalue weighted by Crippen LogP contribution is 2.29. The van der Waals surface area contributed by atoms with Crippen LogP contribution in [0, 0.1) is 0 Å². The monoisotopic (exact) mass is 505 g/mol. The Hall–Kier alpha value is -3.26. The molecule has 0 spiro atoms. The van der Waals surface area contributed by atoms with Crippen molar-refractivity contribution in [1.82, 2.24) is 5.32 Å². The van der Waals surface area contributed by atoms with Gasteiger partial charge >= 0.3 is 29.8 Å². The summed E-state index contributed by atoms with van der Waals surface area (Å²) in [5, 5.41) is 13.1. The summed E-state index contributed by atoms with van der Waals surface area (Å²) >= 11 is 0. The van der Waals surface area contributed by atoms with Gasteiger partial charge in [0.05, 0.1) is 26.7 Å². The van der Waals surface area contributed by atoms with E-state index < -0.39 is 78.7 Å². The molecule has 1 saturated heterocycles. The first kappa shape index (κ1) is 29.8. The van der Waals surface area contributed by atoms with E-state index in [2.05, 4.69) is 14.8 Å². The number of methoxy groups -OCH3 is 2. The number of nitrogens with one attached hydrogen (secondary N) is 1. The van der Waals surface area contributed by atoms with E-state index in [1.165, 1.54) is 0 Å². The lowest BCUT2D eigenvalue weighted by molar-refractivity contribution is -0.248. The predicted octanol–water partition coefficient (Wildman–Crippen LogP) is -1.46. The minimum Gasteiger partial charge on any atom is -0.469 e. The molecule has 14 nitrogen and oxygen atoms in total. The topological polar surface area (TPSA) is 190 Å². The Morgan fingerprint density at radius 2 is 1.49 bits per heavy atom. The lowest BCUT2D eigenvalue weighted by atomic mass is 9.92. The number of hydrogen-bond donors (Lipinski definition) is 2. The molecule has 14 heteroatoms. The van der Waals surface area contributed by atoms with Gasteiger partial charge in [-0.25, -0.2) is 4.79 Å². The van der Waals surface area contributed by atoms with Gasteiger partial charge in [-0.2, -0.15) is 0 Å². The molecule has 0 aromatic carbocycles. The van der Waals surface area contributed by atoms with Gasteiger partial charge in [0.1, 0.15) is 24.9 Å². The van der Waals surface area contributed by atoms with E-state index >= 15 is 0 Å². The summed E-state index contributed by atoms with van der Waals surface area (Å²) in [5.41, 5.74) is 0. The first-order valence-corrected chi connectivity index (χ1v) is 10.6. The van der Waals surface area contributed by atoms with Crippen LogP contribution in [-0.2, 0) is 57.2 Å². The predicted molar refractivity (Wildman–Crippen MR) is 112 cm³/mol. The Kier molecular flexibility index (Phi) is 12.1. The van der Waals surface area contributed by atoms with Gasteiger partial charge in [-0.1, -0.05) is 0 Å². The average molecular weight is 505 g/mol. The van der Waals surface area contributed by atoms with Crippen molar-refractivity contribution in [2.75, 3.05) is 20.8 Å². The zero-order valence-electron chi connectivity index (χ0n) is 20.1. The van der Waals surface area contributed by atoms with Crippen LogP contribution in [0.3, 0.4) is 0 Å². The van der Waals surface area contributed by atoms with Gasteiger partial charge < -0.3 is 38.8 Å². The first-order chi connectivity index (χ1) is 16.4. The molecule has 1 amide bonds. The molecule has 35 heavy (non-hydrogen) atoms. The highest BCUT2D eigenvalue weighted by atomic mass is 16.6. The average Bonchev–Trinajstić information content (AvgIpc) is 2.78. The summed E-state index contributed by atoms with van der Waals surface area (Å²) in [4.78, 5) is 70.3. The van der Waals surface area contributed by atoms with E-state index in [9.17, 15) is 33.9 Å². The summed E-state index contributed by atoms with van der Waals surface area (Å²) in [6.07, 6.45) is -7.31. The van der Waals surface area contributed by atoms with Crippen molar-refractivity contribution in [2.45, 2.75) is 76.6 Å². The second-order valence-corrected chi connectivity index (χ2v) is 7.62. The fourth-order valence-corrected chi connectivity index (χ4v) is 3.36. The van der Waals surface area contributed by atoms with Gasteiger partial charge in [0, 0.05) is 27.2 Å². The maximum absolute atomic E-state index is 12.4. The lowest BCUT2D eigenvalue weighted by Gasteiger charge is -2.43. The van der Waals surface area contributed by atoms with Crippen LogP contribution < -0.4 is 5.32 Å². The zero-order valence-corrected chi connectivity index (χ0v) is 20.1. The van der Waals surface area contributed by atoms with Crippen molar-refractivity contribution in [3.05, 3.63) is 0 Å². The minimum absolute atomic E-state index is 0.139. The van der Waals surface area contributed by atoms with Crippen LogP contribution in [0.25, 0.3) is 0 Å². The van der Waals surface area contributed by atoms with Crippen molar-refractivity contribution in [3.8, 4) is 0 Å². The second-order valence-electron chi connectivity index (χ2n) is 7.62. The van der Waals surface area contributed by atoms with Crippen LogP contribution in [-0.4, -0.2) is 98.2 Å². The lowest BCUT2D eigenvalue weighted by Crippen LogP contribution is -2.61. The van der Waals surface area contributed by atoms with Gasteiger partial charge in [0.15, 0.2) is 12.2 Å². The van der Waals surface area contributed by atoms with Crippen LogP contribution >= 0.6 is 0 Å². The molecule has 1 heterocycles. The second kappa shape index (κ2) is 14.2. The molecule has 0 aromatic heterocycles. The van der Waals surface area contributed by atoms with E-state index in [4.69, 9.17) is 18.9 Å². The van der Waals surface area contributed by atoms with Crippen molar-refractivity contribution in [3.63, 3.8) is 0 Å². The van der Waals surface area contributed by atoms with Crippen molar-refractivity contribution >= 4 is 35.8 Å². The number of rotatable bonds is 11. The Balaban J connectivity index is 2.98. The Morgan fingerprint density at radius 1 is 0.886 bits per heavy atom. The molecule has 0 radical (unpaired) electrons. The Bertz CT molecular complexity index is 798. The number of carbonyl (C=O) groups is 6. The molecule has 1 aliphatic rings. The number of carbonyl (C=O) groups excluding carboxylic acids is 6. The number of hydrogen-bond acceptors (Lipinski definition) is 13. The normalized spacial score (nSPS) is 24.3. The number of ether oxygens (including phenoxy) is 6. The van der Waals surface area contributed by atoms with Gasteiger partial charge in [0.2, 0.25) is 5.91 Å². The van der Waals surface area contributed by atoms with E-state index in [0.29, 0.717) is 0 Å². The van der Waals surface area contributed by atoms with Crippen LogP contribution in [0.5, 0.6) is 0 Å². The van der Waals surface area contributed by atoms with Crippen LogP contribution in [0.4, 0.5) is 0 Å². The maximum Gasteiger partial charge on any atom is 0.328 e. The highest BCUT2D eigenvalue weighted by Gasteiger charge is 2.49. The Morgan fingerprint density at radius 3 is 2.00 bits per heavy atom. The van der Waals surface area contributed by atoms with Gasteiger partial charge in [-0.15, -0.1) is 0 Å². The van der Waals surface area contributed by atoms with E-state index in [1.807, 2.05) is 0 Å². The quantitative estimate of drug-likeness (QED) is 0.245. The van der Waals surface area contributed by atoms with Crippen molar-refractivity contribution < 1.29 is 62.3 Å². The van der Waals surface area contributed by atoms with Crippen molar-refractivity contribution in [1.29, 1.82) is 0 Å². The van der Waals surface area contributed by atoms with Crippen LogP contribution in [0.2, 0.25) is 0 Å². The smallest absolute Gasteiger partial charge is 0.328 e. The molecule has 198 valence electrons. The molecule has 1 fully saturated rings. The Labute approximate surface area is 201 Å². The number of esters is 5. The third kappa shape index (κ3) is 9.86. The molecule has 0 aromatic rings. The molecule has 6 atom stereocenters. The van der Waals surface area contributed by atoms with Crippen molar-refractivity contribution in [2.24, 2.45) is 0 Å². The van der Waals surface area contributed by atoms with E-state index in [1.54, 1.807) is 0 Å². The summed E-state index contributed by atoms with van der Waals surface area (Å²) in [6.45, 7) is 2.95. The summed E-state index contributed by atoms with van der Waals surface area (Å²) < 4.78 is 30.1. The maximum atomic E-state index is 12.4. The number of aliphatic hydroxyl groups excluding tert-OH is 1. The molecule has 2 N–H and O–H groups in total. The summed E-state index contributed by atoms with van der Waals surface area (Å²) in [7, 11) is 2.21. The molecule has 1 aliphatic heterocycles. The standard InChI is InChI=1S/C21H31NO13/c1-10(23)32-9-15-19(33-11(2)24)20(34-12(3)25)18(28)14(35-15)6-7-16(26)22-13(21(29)31-5)8-17(27)30-4/h13-15,18-20,28H,6-9H2,1-5H3,(H,22,26)/t13-,14+,15+,18-,19+,20+/m0/s1. The highest BCUT2D eigenvalue weighted by molar-refractivity contribution is 5.88. The van der Waals surface area contributed by atoms with Crippen LogP contribution in [0.15, 0.2) is 0 Å². The van der Waals surface area contributed by atoms with Gasteiger partial charge in [-0.05, 0) is 6.42 Å². The minimum atomic E-state index is -1.52. The molecule has 0 saturated carbocycles. The summed E-state index contributed by atoms with van der Waals surface area (Å²) in [6, 6.07) is -1.30. The van der Waals surface area contributed by atoms with Crippen LogP contribution in [0.1, 0.15) is 40.0 Å². The SMILES string of the molecule is COC(=O)C[C@H](NC(=O)CC[C@H]1O[C@H](COC(C)=O)[C@@H](OC(C)=O)[C@H](OC(C)=O)[C@H]1O)C(=O)OC. The fourth-order valence-electron chi connectivity index (χ4n) is 3.36. The third-order valence-corrected chi connectivity index (χ3v) is 4.89. The van der Waals surface area contributed by atoms with E-state index in [0.717, 1.165) is 35.0 Å². The number of aliphatic hydroxyl groups is 1. The molecule has 1 rings (SSSR count). The first-order valence-electron chi connectivity index (χ1n) is 10.6. The zero-order chi connectivity index (χ0) is 26.7. The molecular weight excluding hydrogens is 474 g/mol.